The molecule has 0 amide bonds. The highest BCUT2D eigenvalue weighted by molar-refractivity contribution is 5.66. The van der Waals surface area contributed by atoms with E-state index in [2.05, 4.69) is 24.3 Å². The van der Waals surface area contributed by atoms with Crippen molar-refractivity contribution in [3.8, 4) is 0 Å². The molecule has 4 N–H and O–H groups in total. The molecule has 0 radical (unpaired) electrons. The van der Waals surface area contributed by atoms with Crippen LogP contribution in [0.1, 0.15) is 38.8 Å². The molecule has 0 bridgehead atoms. The zero-order chi connectivity index (χ0) is 12.3. The third-order valence-electron chi connectivity index (χ3n) is 2.71. The molecule has 0 aliphatic heterocycles. The van der Waals surface area contributed by atoms with E-state index in [4.69, 9.17) is 10.8 Å². The molecule has 0 aromatic carbocycles. The van der Waals surface area contributed by atoms with Crippen molar-refractivity contribution in [1.82, 2.24) is 9.78 Å². The lowest BCUT2D eigenvalue weighted by molar-refractivity contribution is 0.271. The van der Waals surface area contributed by atoms with Crippen molar-refractivity contribution in [2.45, 2.75) is 39.2 Å². The van der Waals surface area contributed by atoms with Crippen molar-refractivity contribution in [1.29, 1.82) is 0 Å². The predicted molar refractivity (Wildman–Crippen MR) is 66.5 cm³/mol. The van der Waals surface area contributed by atoms with Gasteiger partial charge in [0.15, 0.2) is 0 Å². The van der Waals surface area contributed by atoms with Gasteiger partial charge in [-0.3, -0.25) is 4.68 Å². The number of rotatable bonds is 5. The SMILES string of the molecule is CCC(CO)Nc1c(N)c(C(C)C)nn1C. The van der Waals surface area contributed by atoms with Crippen molar-refractivity contribution >= 4 is 11.5 Å². The third kappa shape index (κ3) is 2.47. The van der Waals surface area contributed by atoms with Crippen LogP contribution in [0.5, 0.6) is 0 Å². The van der Waals surface area contributed by atoms with Crippen LogP contribution in [0, 0.1) is 0 Å². The summed E-state index contributed by atoms with van der Waals surface area (Å²) in [6, 6.07) is 0.0257. The molecule has 1 heterocycles. The molecule has 5 nitrogen and oxygen atoms in total. The Balaban J connectivity index is 2.96. The van der Waals surface area contributed by atoms with Crippen molar-refractivity contribution in [2.24, 2.45) is 7.05 Å². The number of nitrogens with one attached hydrogen (secondary N) is 1. The van der Waals surface area contributed by atoms with Crippen LogP contribution < -0.4 is 11.1 Å². The summed E-state index contributed by atoms with van der Waals surface area (Å²) in [7, 11) is 1.86. The number of nitrogen functional groups attached to an aromatic ring is 1. The standard InChI is InChI=1S/C11H22N4O/c1-5-8(6-16)13-11-9(12)10(7(2)3)14-15(11)4/h7-8,13,16H,5-6,12H2,1-4H3. The Morgan fingerprint density at radius 3 is 2.50 bits per heavy atom. The lowest BCUT2D eigenvalue weighted by Gasteiger charge is -2.16. The summed E-state index contributed by atoms with van der Waals surface area (Å²) in [6.45, 7) is 6.24. The number of aromatic nitrogens is 2. The van der Waals surface area contributed by atoms with Gasteiger partial charge in [-0.25, -0.2) is 0 Å². The number of nitrogens with two attached hydrogens (primary N) is 1. The number of anilines is 2. The summed E-state index contributed by atoms with van der Waals surface area (Å²) in [6.07, 6.45) is 0.845. The van der Waals surface area contributed by atoms with Gasteiger partial charge in [-0.05, 0) is 12.3 Å². The van der Waals surface area contributed by atoms with Crippen LogP contribution in [0.25, 0.3) is 0 Å². The van der Waals surface area contributed by atoms with E-state index in [1.54, 1.807) is 4.68 Å². The highest BCUT2D eigenvalue weighted by Crippen LogP contribution is 2.28. The van der Waals surface area contributed by atoms with Gasteiger partial charge in [-0.2, -0.15) is 5.10 Å². The third-order valence-corrected chi connectivity index (χ3v) is 2.71. The Morgan fingerprint density at radius 1 is 1.50 bits per heavy atom. The van der Waals surface area contributed by atoms with Gasteiger partial charge in [0.25, 0.3) is 0 Å². The number of aliphatic hydroxyl groups excluding tert-OH is 1. The first-order valence-corrected chi connectivity index (χ1v) is 5.70. The molecule has 0 saturated heterocycles. The van der Waals surface area contributed by atoms with E-state index < -0.39 is 0 Å². The van der Waals surface area contributed by atoms with Crippen molar-refractivity contribution in [2.75, 3.05) is 17.7 Å². The van der Waals surface area contributed by atoms with Crippen LogP contribution in [0.15, 0.2) is 0 Å². The van der Waals surface area contributed by atoms with Crippen molar-refractivity contribution < 1.29 is 5.11 Å². The van der Waals surface area contributed by atoms with Crippen molar-refractivity contribution in [3.05, 3.63) is 5.69 Å². The molecular formula is C11H22N4O. The fraction of sp³-hybridized carbons (Fsp3) is 0.727. The second-order valence-electron chi connectivity index (χ2n) is 4.36. The average Bonchev–Trinajstić information content (AvgIpc) is 2.52. The van der Waals surface area contributed by atoms with Gasteiger partial charge in [-0.15, -0.1) is 0 Å². The van der Waals surface area contributed by atoms with E-state index in [1.165, 1.54) is 0 Å². The quantitative estimate of drug-likeness (QED) is 0.707. The first-order valence-electron chi connectivity index (χ1n) is 5.70. The maximum atomic E-state index is 9.15. The summed E-state index contributed by atoms with van der Waals surface area (Å²) in [4.78, 5) is 0. The Labute approximate surface area is 96.6 Å². The van der Waals surface area contributed by atoms with Crippen molar-refractivity contribution in [3.63, 3.8) is 0 Å². The van der Waals surface area contributed by atoms with Gasteiger partial charge in [0.1, 0.15) is 5.82 Å². The maximum Gasteiger partial charge on any atom is 0.148 e. The summed E-state index contributed by atoms with van der Waals surface area (Å²) in [5, 5.41) is 16.7. The molecule has 16 heavy (non-hydrogen) atoms. The second-order valence-corrected chi connectivity index (χ2v) is 4.36. The summed E-state index contributed by atoms with van der Waals surface area (Å²) < 4.78 is 1.74. The van der Waals surface area contributed by atoms with Gasteiger partial charge >= 0.3 is 0 Å². The van der Waals surface area contributed by atoms with Gasteiger partial charge < -0.3 is 16.2 Å². The van der Waals surface area contributed by atoms with Gasteiger partial charge in [0.05, 0.1) is 24.0 Å². The van der Waals surface area contributed by atoms with Crippen LogP contribution in [-0.2, 0) is 7.05 Å². The number of hydrogen-bond acceptors (Lipinski definition) is 4. The topological polar surface area (TPSA) is 76.1 Å². The highest BCUT2D eigenvalue weighted by Gasteiger charge is 2.17. The monoisotopic (exact) mass is 226 g/mol. The molecule has 0 saturated carbocycles. The van der Waals surface area contributed by atoms with E-state index in [-0.39, 0.29) is 12.6 Å². The first-order chi connectivity index (χ1) is 7.51. The Hall–Kier alpha value is -1.23. The summed E-state index contributed by atoms with van der Waals surface area (Å²) in [5.41, 5.74) is 7.62. The van der Waals surface area contributed by atoms with Gasteiger partial charge in [0, 0.05) is 7.05 Å². The van der Waals surface area contributed by atoms with Crippen LogP contribution in [0.3, 0.4) is 0 Å². The number of nitrogens with zero attached hydrogens (tertiary/aromatic N) is 2. The fourth-order valence-electron chi connectivity index (χ4n) is 1.63. The summed E-state index contributed by atoms with van der Waals surface area (Å²) >= 11 is 0. The van der Waals surface area contributed by atoms with Crippen LogP contribution in [0.4, 0.5) is 11.5 Å². The van der Waals surface area contributed by atoms with E-state index in [0.717, 1.165) is 17.9 Å². The minimum Gasteiger partial charge on any atom is -0.394 e. The molecule has 0 aliphatic carbocycles. The Bertz CT molecular complexity index is 342. The molecule has 1 aromatic rings. The van der Waals surface area contributed by atoms with Crippen LogP contribution >= 0.6 is 0 Å². The predicted octanol–water partition coefficient (Wildman–Crippen LogP) is 1.31. The highest BCUT2D eigenvalue weighted by atomic mass is 16.3. The maximum absolute atomic E-state index is 9.15. The zero-order valence-electron chi connectivity index (χ0n) is 10.5. The summed E-state index contributed by atoms with van der Waals surface area (Å²) in [5.74, 6) is 1.10. The molecule has 5 heteroatoms. The molecule has 1 unspecified atom stereocenters. The fourth-order valence-corrected chi connectivity index (χ4v) is 1.63. The van der Waals surface area contributed by atoms with Gasteiger partial charge in [-0.1, -0.05) is 20.8 Å². The number of aliphatic hydroxyl groups is 1. The first kappa shape index (κ1) is 12.8. The minimum absolute atomic E-state index is 0.0257. The van der Waals surface area contributed by atoms with E-state index in [9.17, 15) is 0 Å². The molecule has 1 rings (SSSR count). The molecule has 0 aliphatic rings. The molecule has 0 spiro atoms. The smallest absolute Gasteiger partial charge is 0.148 e. The number of hydrogen-bond donors (Lipinski definition) is 3. The Kier molecular flexibility index (Phi) is 4.18. The second kappa shape index (κ2) is 5.21. The molecule has 1 aromatic heterocycles. The largest absolute Gasteiger partial charge is 0.394 e. The Morgan fingerprint density at radius 2 is 2.12 bits per heavy atom. The van der Waals surface area contributed by atoms with E-state index in [1.807, 2.05) is 14.0 Å². The zero-order valence-corrected chi connectivity index (χ0v) is 10.5. The molecular weight excluding hydrogens is 204 g/mol. The molecule has 1 atom stereocenters. The van der Waals surface area contributed by atoms with Crippen LogP contribution in [0.2, 0.25) is 0 Å². The average molecular weight is 226 g/mol. The normalized spacial score (nSPS) is 13.1. The molecule has 92 valence electrons. The number of aryl methyl sites for hydroxylation is 1. The molecule has 0 fully saturated rings. The van der Waals surface area contributed by atoms with Crippen LogP contribution in [-0.4, -0.2) is 27.5 Å². The lowest BCUT2D eigenvalue weighted by atomic mass is 10.1. The van der Waals surface area contributed by atoms with E-state index in [0.29, 0.717) is 11.6 Å². The van der Waals surface area contributed by atoms with Gasteiger partial charge in [0.2, 0.25) is 0 Å². The minimum atomic E-state index is 0.0257. The van der Waals surface area contributed by atoms with E-state index >= 15 is 0 Å². The lowest BCUT2D eigenvalue weighted by Crippen LogP contribution is -2.24.